The van der Waals surface area contributed by atoms with Crippen LogP contribution >= 0.6 is 0 Å². The van der Waals surface area contributed by atoms with Crippen molar-refractivity contribution in [3.05, 3.63) is 93.5 Å². The van der Waals surface area contributed by atoms with Gasteiger partial charge in [0.05, 0.1) is 37.5 Å². The Labute approximate surface area is 355 Å². The summed E-state index contributed by atoms with van der Waals surface area (Å²) in [7, 11) is 3.41. The maximum Gasteiger partial charge on any atom is 0.140 e. The van der Waals surface area contributed by atoms with E-state index in [2.05, 4.69) is 73.9 Å². The molecule has 0 saturated heterocycles. The number of aryl methyl sites for hydroxylation is 2. The zero-order chi connectivity index (χ0) is 43.0. The standard InChI is InChI=1S/C48H52F2O4.2C2H3N/c1-45-19-15-37-35-11-7-33(53-3)25-29(35)5-9-39(37)41(45)17-23-47(45,51)21-13-31-27-44(50)32(28-43(31)49)14-22-48(52)24-18-42-40-10-6-30-26-34(54-4)8-12-36(30)38(40)16-20-46(42,48)2;2*1-2-3/h7-8,11-12,25-28,37-42,51-52H,5-6,9-10,15-20,23-24H2,1-4H3;2*1H3/t37-,38-,39-,40-,41+,42+,45+,46+,47+,48+;;/m1../s1. The molecule has 0 heterocycles. The van der Waals surface area contributed by atoms with Crippen LogP contribution in [0.4, 0.5) is 8.78 Å². The SMILES string of the molecule is CC#N.CC#N.COc1ccc2c(c1)CC[C@@H]1[C@@H]2CC[C@@]2(C)[C@H]1CC[C@@]2(O)C#Cc1cc(F)c(C#C[C@]2(O)CC[C@H]3[C@@H]4CCc5cc(OC)ccc5[C@H]4CC[C@@]32C)cc1F. The van der Waals surface area contributed by atoms with Gasteiger partial charge in [-0.2, -0.15) is 10.5 Å². The van der Waals surface area contributed by atoms with Crippen molar-refractivity contribution >= 4 is 0 Å². The van der Waals surface area contributed by atoms with Crippen LogP contribution in [0.2, 0.25) is 0 Å². The van der Waals surface area contributed by atoms with Gasteiger partial charge in [-0.05, 0) is 171 Å². The Bertz CT molecular complexity index is 2180. The number of hydrogen-bond donors (Lipinski definition) is 2. The molecule has 2 N–H and O–H groups in total. The lowest BCUT2D eigenvalue weighted by Gasteiger charge is -2.52. The summed E-state index contributed by atoms with van der Waals surface area (Å²) in [6.07, 6.45) is 10.5. The van der Waals surface area contributed by atoms with Gasteiger partial charge in [0.2, 0.25) is 0 Å². The van der Waals surface area contributed by atoms with Crippen LogP contribution in [-0.4, -0.2) is 35.6 Å². The van der Waals surface area contributed by atoms with Crippen LogP contribution in [0.3, 0.4) is 0 Å². The van der Waals surface area contributed by atoms with Crippen molar-refractivity contribution in [3.8, 4) is 47.3 Å². The summed E-state index contributed by atoms with van der Waals surface area (Å²) in [5.74, 6) is 14.8. The van der Waals surface area contributed by atoms with E-state index >= 15 is 8.78 Å². The van der Waals surface area contributed by atoms with Crippen molar-refractivity contribution in [3.63, 3.8) is 0 Å². The van der Waals surface area contributed by atoms with Gasteiger partial charge in [-0.1, -0.05) is 49.7 Å². The highest BCUT2D eigenvalue weighted by atomic mass is 19.1. The van der Waals surface area contributed by atoms with Crippen LogP contribution in [-0.2, 0) is 12.8 Å². The minimum absolute atomic E-state index is 0.0760. The summed E-state index contributed by atoms with van der Waals surface area (Å²) in [4.78, 5) is 0. The number of rotatable bonds is 2. The van der Waals surface area contributed by atoms with E-state index < -0.39 is 33.7 Å². The third-order valence-electron chi connectivity index (χ3n) is 16.0. The van der Waals surface area contributed by atoms with Gasteiger partial charge in [-0.25, -0.2) is 8.78 Å². The molecule has 60 heavy (non-hydrogen) atoms. The van der Waals surface area contributed by atoms with Crippen LogP contribution in [0.1, 0.15) is 137 Å². The summed E-state index contributed by atoms with van der Waals surface area (Å²) in [6, 6.07) is 18.6. The van der Waals surface area contributed by atoms with E-state index in [0.717, 1.165) is 87.8 Å². The zero-order valence-corrected chi connectivity index (χ0v) is 35.9. The molecule has 0 aromatic heterocycles. The van der Waals surface area contributed by atoms with Gasteiger partial charge in [-0.15, -0.1) is 0 Å². The zero-order valence-electron chi connectivity index (χ0n) is 35.9. The maximum atomic E-state index is 15.7. The molecule has 4 fully saturated rings. The smallest absolute Gasteiger partial charge is 0.140 e. The Morgan fingerprint density at radius 3 is 1.35 bits per heavy atom. The molecular formula is C52H58F2N2O4. The molecule has 6 aliphatic rings. The average Bonchev–Trinajstić information content (AvgIpc) is 3.68. The first kappa shape index (κ1) is 43.2. The summed E-state index contributed by atoms with van der Waals surface area (Å²) < 4.78 is 42.3. The van der Waals surface area contributed by atoms with E-state index in [-0.39, 0.29) is 11.1 Å². The average molecular weight is 813 g/mol. The normalized spacial score (nSPS) is 33.7. The van der Waals surface area contributed by atoms with Crippen molar-refractivity contribution in [2.75, 3.05) is 14.2 Å². The van der Waals surface area contributed by atoms with Gasteiger partial charge in [0.25, 0.3) is 0 Å². The number of methoxy groups -OCH3 is 2. The number of aliphatic hydroxyl groups is 2. The number of halogens is 2. The quantitative estimate of drug-likeness (QED) is 0.250. The highest BCUT2D eigenvalue weighted by Gasteiger charge is 2.62. The van der Waals surface area contributed by atoms with E-state index in [4.69, 9.17) is 20.0 Å². The minimum Gasteiger partial charge on any atom is -0.497 e. The molecule has 3 aromatic carbocycles. The molecule has 0 unspecified atom stereocenters. The van der Waals surface area contributed by atoms with Crippen LogP contribution in [0.15, 0.2) is 48.5 Å². The van der Waals surface area contributed by atoms with Crippen LogP contribution < -0.4 is 9.47 Å². The molecule has 0 bridgehead atoms. The molecule has 0 radical (unpaired) electrons. The van der Waals surface area contributed by atoms with Gasteiger partial charge in [0, 0.05) is 24.7 Å². The fourth-order valence-electron chi connectivity index (χ4n) is 12.9. The molecule has 4 saturated carbocycles. The molecule has 0 amide bonds. The molecule has 314 valence electrons. The molecule has 3 aromatic rings. The Balaban J connectivity index is 0.000000858. The van der Waals surface area contributed by atoms with Gasteiger partial charge < -0.3 is 19.7 Å². The maximum absolute atomic E-state index is 15.7. The molecule has 0 aliphatic heterocycles. The van der Waals surface area contributed by atoms with Crippen LogP contribution in [0.5, 0.6) is 11.5 Å². The third kappa shape index (κ3) is 7.25. The number of nitrogens with zero attached hydrogens (tertiary/aromatic N) is 2. The first-order valence-electron chi connectivity index (χ1n) is 21.7. The monoisotopic (exact) mass is 812 g/mol. The van der Waals surface area contributed by atoms with E-state index in [1.54, 1.807) is 26.4 Å². The molecule has 10 atom stereocenters. The summed E-state index contributed by atoms with van der Waals surface area (Å²) >= 11 is 0. The van der Waals surface area contributed by atoms with Crippen molar-refractivity contribution in [2.45, 2.75) is 128 Å². The highest BCUT2D eigenvalue weighted by Crippen LogP contribution is 2.65. The van der Waals surface area contributed by atoms with E-state index in [1.165, 1.54) is 36.1 Å². The Kier molecular flexibility index (Phi) is 12.2. The van der Waals surface area contributed by atoms with E-state index in [9.17, 15) is 10.2 Å². The summed E-state index contributed by atoms with van der Waals surface area (Å²) in [5.41, 5.74) is 1.99. The molecule has 0 spiro atoms. The predicted molar refractivity (Wildman–Crippen MR) is 228 cm³/mol. The second kappa shape index (κ2) is 16.9. The predicted octanol–water partition coefficient (Wildman–Crippen LogP) is 10.3. The topological polar surface area (TPSA) is 107 Å². The summed E-state index contributed by atoms with van der Waals surface area (Å²) in [5, 5.41) is 38.9. The van der Waals surface area contributed by atoms with Gasteiger partial charge in [0.15, 0.2) is 0 Å². The molecule has 9 rings (SSSR count). The fraction of sp³-hybridized carbons (Fsp3) is 0.538. The third-order valence-corrected chi connectivity index (χ3v) is 16.0. The van der Waals surface area contributed by atoms with E-state index in [0.29, 0.717) is 48.3 Å². The Morgan fingerprint density at radius 2 is 0.983 bits per heavy atom. The Morgan fingerprint density at radius 1 is 0.600 bits per heavy atom. The van der Waals surface area contributed by atoms with Gasteiger partial charge in [-0.3, -0.25) is 0 Å². The second-order valence-electron chi connectivity index (χ2n) is 18.4. The van der Waals surface area contributed by atoms with Gasteiger partial charge >= 0.3 is 0 Å². The summed E-state index contributed by atoms with van der Waals surface area (Å²) in [6.45, 7) is 7.18. The largest absolute Gasteiger partial charge is 0.497 e. The van der Waals surface area contributed by atoms with Crippen LogP contribution in [0, 0.1) is 92.5 Å². The minimum atomic E-state index is -1.28. The molecule has 6 nitrogen and oxygen atoms in total. The van der Waals surface area contributed by atoms with Crippen molar-refractivity contribution in [1.29, 1.82) is 10.5 Å². The second-order valence-corrected chi connectivity index (χ2v) is 18.4. The van der Waals surface area contributed by atoms with Gasteiger partial charge in [0.1, 0.15) is 34.3 Å². The number of fused-ring (bicyclic) bond motifs is 10. The van der Waals surface area contributed by atoms with Crippen molar-refractivity contribution in [1.82, 2.24) is 0 Å². The molecule has 6 aliphatic carbocycles. The highest BCUT2D eigenvalue weighted by molar-refractivity contribution is 5.48. The lowest BCUT2D eigenvalue weighted by Crippen LogP contribution is -2.50. The first-order valence-corrected chi connectivity index (χ1v) is 21.7. The molecule has 8 heteroatoms. The number of hydrogen-bond acceptors (Lipinski definition) is 6. The lowest BCUT2D eigenvalue weighted by molar-refractivity contribution is -0.0648. The Hall–Kier alpha value is -4.86. The number of ether oxygens (including phenoxy) is 2. The van der Waals surface area contributed by atoms with Crippen LogP contribution in [0.25, 0.3) is 0 Å². The number of nitriles is 2. The first-order chi connectivity index (χ1) is 28.7. The van der Waals surface area contributed by atoms with Crippen molar-refractivity contribution < 1.29 is 28.5 Å². The number of benzene rings is 3. The van der Waals surface area contributed by atoms with Crippen molar-refractivity contribution in [2.24, 2.45) is 34.5 Å². The molecular weight excluding hydrogens is 755 g/mol. The van der Waals surface area contributed by atoms with E-state index in [1.807, 2.05) is 0 Å². The lowest BCUT2D eigenvalue weighted by atomic mass is 9.53. The fourth-order valence-corrected chi connectivity index (χ4v) is 12.9.